The van der Waals surface area contributed by atoms with Gasteiger partial charge in [0.2, 0.25) is 6.26 Å². The normalized spacial score (nSPS) is 12.4. The summed E-state index contributed by atoms with van der Waals surface area (Å²) in [5.74, 6) is 0. The topological polar surface area (TPSA) is 86.5 Å². The van der Waals surface area contributed by atoms with Crippen LogP contribution in [0.4, 0.5) is 0 Å². The largest absolute Gasteiger partial charge is 0.570 e. The molecule has 0 aliphatic rings. The summed E-state index contributed by atoms with van der Waals surface area (Å²) in [5, 5.41) is 37.6. The maximum absolute atomic E-state index is 10.9. The van der Waals surface area contributed by atoms with Crippen molar-refractivity contribution in [2.45, 2.75) is 6.92 Å². The van der Waals surface area contributed by atoms with E-state index in [1.807, 2.05) is 0 Å². The summed E-state index contributed by atoms with van der Waals surface area (Å²) in [6.07, 6.45) is 2.70. The monoisotopic (exact) mass is 192 g/mol. The Morgan fingerprint density at radius 1 is 1.23 bits per heavy atom. The number of hydrogen-bond acceptors (Lipinski definition) is 4. The van der Waals surface area contributed by atoms with E-state index in [2.05, 4.69) is 0 Å². The molecule has 5 heteroatoms. The molecular weight excluding hydrogens is 176 g/mol. The summed E-state index contributed by atoms with van der Waals surface area (Å²) in [6.45, 7) is 0.132. The van der Waals surface area contributed by atoms with Gasteiger partial charge in [-0.2, -0.15) is 0 Å². The minimum absolute atomic E-state index is 0.208. The molecular formula is C8H16O5. The molecule has 0 spiro atoms. The first kappa shape index (κ1) is 12.4. The zero-order chi connectivity index (χ0) is 10.3. The Labute approximate surface area is 77.1 Å². The molecule has 0 aliphatic carbocycles. The fourth-order valence-corrected chi connectivity index (χ4v) is 0.789. The van der Waals surface area contributed by atoms with Crippen LogP contribution in [0.2, 0.25) is 0 Å². The first-order valence-corrected chi connectivity index (χ1v) is 3.96. The van der Waals surface area contributed by atoms with E-state index >= 15 is 0 Å². The Bertz CT molecular complexity index is 144. The van der Waals surface area contributed by atoms with Gasteiger partial charge in [0.05, 0.1) is 19.8 Å². The van der Waals surface area contributed by atoms with Crippen molar-refractivity contribution in [1.29, 1.82) is 0 Å². The summed E-state index contributed by atoms with van der Waals surface area (Å²) in [4.78, 5) is 0. The third kappa shape index (κ3) is 3.73. The average molecular weight is 192 g/mol. The van der Waals surface area contributed by atoms with Crippen molar-refractivity contribution in [3.63, 3.8) is 0 Å². The van der Waals surface area contributed by atoms with Crippen LogP contribution in [0.5, 0.6) is 0 Å². The Hall–Kier alpha value is -0.620. The smallest absolute Gasteiger partial charge is 0.223 e. The number of allylic oxidation sites excluding steroid dienone is 1. The standard InChI is InChI=1S/C8H16O5/c1-2-3-13(12)7-8(4-9,5-10)6-11/h2-3,9-11H,4-7H2,1H3. The molecule has 0 saturated heterocycles. The van der Waals surface area contributed by atoms with Gasteiger partial charge in [-0.15, -0.1) is 0 Å². The molecule has 0 unspecified atom stereocenters. The van der Waals surface area contributed by atoms with E-state index in [1.165, 1.54) is 16.9 Å². The van der Waals surface area contributed by atoms with Crippen molar-refractivity contribution < 1.29 is 25.1 Å². The summed E-state index contributed by atoms with van der Waals surface area (Å²) >= 11 is 0. The predicted molar refractivity (Wildman–Crippen MR) is 44.5 cm³/mol. The van der Waals surface area contributed by atoms with E-state index in [9.17, 15) is 5.26 Å². The van der Waals surface area contributed by atoms with Crippen LogP contribution in [0.15, 0.2) is 12.3 Å². The van der Waals surface area contributed by atoms with Gasteiger partial charge in [0.15, 0.2) is 6.61 Å². The Kier molecular flexibility index (Phi) is 5.65. The molecule has 0 amide bonds. The third-order valence-corrected chi connectivity index (χ3v) is 1.74. The van der Waals surface area contributed by atoms with Crippen molar-refractivity contribution in [2.24, 2.45) is 5.41 Å². The van der Waals surface area contributed by atoms with Crippen LogP contribution in [0.25, 0.3) is 0 Å². The van der Waals surface area contributed by atoms with Gasteiger partial charge in [0.1, 0.15) is 5.41 Å². The van der Waals surface area contributed by atoms with E-state index < -0.39 is 25.2 Å². The summed E-state index contributed by atoms with van der Waals surface area (Å²) in [6, 6.07) is 0. The highest BCUT2D eigenvalue weighted by Crippen LogP contribution is 2.16. The third-order valence-electron chi connectivity index (χ3n) is 1.74. The van der Waals surface area contributed by atoms with Crippen LogP contribution in [0, 0.1) is 5.41 Å². The lowest BCUT2D eigenvalue weighted by atomic mass is 9.93. The molecule has 0 bridgehead atoms. The highest BCUT2D eigenvalue weighted by Gasteiger charge is 2.33. The Morgan fingerprint density at radius 3 is 2.00 bits per heavy atom. The molecule has 0 aromatic carbocycles. The highest BCUT2D eigenvalue weighted by molar-refractivity contribution is 4.79. The fraction of sp³-hybridized carbons (Fsp3) is 0.750. The molecule has 0 heterocycles. The molecule has 0 saturated carbocycles. The maximum atomic E-state index is 10.9. The van der Waals surface area contributed by atoms with Crippen LogP contribution < -0.4 is 5.26 Å². The van der Waals surface area contributed by atoms with Crippen LogP contribution in [0.1, 0.15) is 6.92 Å². The molecule has 3 N–H and O–H groups in total. The van der Waals surface area contributed by atoms with Crippen molar-refractivity contribution in [3.05, 3.63) is 12.3 Å². The Morgan fingerprint density at radius 2 is 1.69 bits per heavy atom. The molecule has 13 heavy (non-hydrogen) atoms. The lowest BCUT2D eigenvalue weighted by molar-refractivity contribution is -0.773. The van der Waals surface area contributed by atoms with Crippen molar-refractivity contribution in [1.82, 2.24) is 0 Å². The molecule has 0 aliphatic heterocycles. The first-order chi connectivity index (χ1) is 6.14. The number of aliphatic hydroxyl groups excluding tert-OH is 3. The van der Waals surface area contributed by atoms with Gasteiger partial charge in [-0.1, -0.05) is 0 Å². The summed E-state index contributed by atoms with van der Waals surface area (Å²) in [7, 11) is 0. The van der Waals surface area contributed by atoms with Gasteiger partial charge in [-0.3, -0.25) is 0 Å². The van der Waals surface area contributed by atoms with Crippen molar-refractivity contribution in [2.75, 3.05) is 26.4 Å². The van der Waals surface area contributed by atoms with Crippen molar-refractivity contribution in [3.8, 4) is 0 Å². The van der Waals surface area contributed by atoms with Crippen LogP contribution in [-0.2, 0) is 4.52 Å². The van der Waals surface area contributed by atoms with E-state index in [0.29, 0.717) is 0 Å². The zero-order valence-electron chi connectivity index (χ0n) is 7.64. The quantitative estimate of drug-likeness (QED) is 0.203. The maximum Gasteiger partial charge on any atom is 0.223 e. The second kappa shape index (κ2) is 5.93. The van der Waals surface area contributed by atoms with Crippen LogP contribution in [-0.4, -0.2) is 41.7 Å². The average Bonchev–Trinajstić information content (AvgIpc) is 2.15. The molecule has 0 aromatic heterocycles. The van der Waals surface area contributed by atoms with E-state index in [4.69, 9.17) is 15.3 Å². The number of rotatable bonds is 6. The van der Waals surface area contributed by atoms with Gasteiger partial charge in [0, 0.05) is 6.08 Å². The molecule has 0 fully saturated rings. The number of hydrogen-bond donors (Lipinski definition) is 3. The van der Waals surface area contributed by atoms with Gasteiger partial charge in [-0.05, 0) is 6.92 Å². The number of aliphatic hydroxyl groups is 3. The zero-order valence-corrected chi connectivity index (χ0v) is 7.64. The molecule has 0 aromatic rings. The lowest BCUT2D eigenvalue weighted by Gasteiger charge is -2.32. The lowest BCUT2D eigenvalue weighted by Crippen LogP contribution is -2.43. The van der Waals surface area contributed by atoms with E-state index in [1.54, 1.807) is 6.92 Å². The predicted octanol–water partition coefficient (Wildman–Crippen LogP) is -1.69. The molecule has 78 valence electrons. The second-order valence-electron chi connectivity index (χ2n) is 2.97. The van der Waals surface area contributed by atoms with Gasteiger partial charge < -0.3 is 25.1 Å². The van der Waals surface area contributed by atoms with E-state index in [-0.39, 0.29) is 6.61 Å². The first-order valence-electron chi connectivity index (χ1n) is 3.96. The van der Waals surface area contributed by atoms with E-state index in [0.717, 1.165) is 0 Å². The summed E-state index contributed by atoms with van der Waals surface area (Å²) < 4.78 is 1.35. The molecule has 5 nitrogen and oxygen atoms in total. The summed E-state index contributed by atoms with van der Waals surface area (Å²) in [5.41, 5.74) is -1.16. The highest BCUT2D eigenvalue weighted by atomic mass is 17.2. The minimum atomic E-state index is -1.16. The van der Waals surface area contributed by atoms with Crippen molar-refractivity contribution >= 4 is 0 Å². The SMILES string of the molecule is CC=C[O+]([O-])CC(CO)(CO)CO. The minimum Gasteiger partial charge on any atom is -0.570 e. The van der Waals surface area contributed by atoms with Crippen LogP contribution >= 0.6 is 0 Å². The van der Waals surface area contributed by atoms with Gasteiger partial charge in [0.25, 0.3) is 0 Å². The Balaban J connectivity index is 4.23. The molecule has 0 atom stereocenters. The van der Waals surface area contributed by atoms with Crippen LogP contribution in [0.3, 0.4) is 0 Å². The molecule has 0 rings (SSSR count). The second-order valence-corrected chi connectivity index (χ2v) is 2.97. The van der Waals surface area contributed by atoms with Gasteiger partial charge in [-0.25, -0.2) is 0 Å². The fourth-order valence-electron chi connectivity index (χ4n) is 0.789. The molecule has 0 radical (unpaired) electrons. The van der Waals surface area contributed by atoms with Gasteiger partial charge >= 0.3 is 0 Å².